The number of oxime groups is 1. The van der Waals surface area contributed by atoms with Gasteiger partial charge in [-0.3, -0.25) is 9.69 Å². The van der Waals surface area contributed by atoms with Crippen LogP contribution in [0.4, 0.5) is 0 Å². The van der Waals surface area contributed by atoms with E-state index < -0.39 is 5.97 Å². The van der Waals surface area contributed by atoms with E-state index in [1.54, 1.807) is 11.3 Å². The highest BCUT2D eigenvalue weighted by Gasteiger charge is 2.32. The van der Waals surface area contributed by atoms with E-state index in [2.05, 4.69) is 59.6 Å². The average Bonchev–Trinajstić information content (AvgIpc) is 3.27. The van der Waals surface area contributed by atoms with Crippen molar-refractivity contribution in [3.63, 3.8) is 0 Å². The fourth-order valence-corrected chi connectivity index (χ4v) is 4.72. The lowest BCUT2D eigenvalue weighted by Gasteiger charge is -2.36. The van der Waals surface area contributed by atoms with Gasteiger partial charge in [-0.05, 0) is 34.9 Å². The van der Waals surface area contributed by atoms with Crippen LogP contribution in [0.25, 0.3) is 0 Å². The Balaban J connectivity index is 1.32. The predicted octanol–water partition coefficient (Wildman–Crippen LogP) is 4.33. The highest BCUT2D eigenvalue weighted by atomic mass is 32.1. The number of carboxylic acids is 1. The van der Waals surface area contributed by atoms with Gasteiger partial charge in [-0.15, -0.1) is 11.3 Å². The van der Waals surface area contributed by atoms with Gasteiger partial charge in [0.15, 0.2) is 6.10 Å². The normalized spacial score (nSPS) is 20.1. The molecule has 2 aliphatic rings. The van der Waals surface area contributed by atoms with Gasteiger partial charge in [-0.25, -0.2) is 0 Å². The highest BCUT2D eigenvalue weighted by Crippen LogP contribution is 2.33. The molecule has 1 fully saturated rings. The molecule has 4 rings (SSSR count). The molecule has 148 valence electrons. The Morgan fingerprint density at radius 2 is 2.07 bits per heavy atom. The molecule has 1 aromatic heterocycles. The van der Waals surface area contributed by atoms with Crippen LogP contribution in [0.1, 0.15) is 47.9 Å². The third-order valence-electron chi connectivity index (χ3n) is 5.33. The van der Waals surface area contributed by atoms with Crippen LogP contribution in [-0.4, -0.2) is 34.8 Å². The Labute approximate surface area is 169 Å². The van der Waals surface area contributed by atoms with E-state index >= 15 is 0 Å². The Kier molecular flexibility index (Phi) is 5.51. The van der Waals surface area contributed by atoms with Gasteiger partial charge in [0.2, 0.25) is 0 Å². The number of aliphatic carboxylic acids is 1. The molecule has 0 bridgehead atoms. The average molecular weight is 399 g/mol. The first-order valence-electron chi connectivity index (χ1n) is 9.82. The molecule has 2 aliphatic heterocycles. The molecule has 0 amide bonds. The van der Waals surface area contributed by atoms with Crippen LogP contribution < -0.4 is 0 Å². The second-order valence-electron chi connectivity index (χ2n) is 8.21. The molecule has 1 saturated heterocycles. The summed E-state index contributed by atoms with van der Waals surface area (Å²) in [6.07, 6.45) is 1.84. The number of benzene rings is 1. The SMILES string of the molecule is CC(C)Cc1ccc(C2=NOC(c3csc(CN4CC(C(=O)O)C4)c3)C2)cc1. The minimum atomic E-state index is -0.690. The van der Waals surface area contributed by atoms with Crippen molar-refractivity contribution < 1.29 is 14.7 Å². The summed E-state index contributed by atoms with van der Waals surface area (Å²) in [7, 11) is 0. The number of carbonyl (C=O) groups is 1. The van der Waals surface area contributed by atoms with Gasteiger partial charge < -0.3 is 9.94 Å². The molecule has 0 radical (unpaired) electrons. The number of hydrogen-bond acceptors (Lipinski definition) is 5. The van der Waals surface area contributed by atoms with Crippen molar-refractivity contribution >= 4 is 23.0 Å². The maximum absolute atomic E-state index is 10.9. The van der Waals surface area contributed by atoms with Gasteiger partial charge in [0.25, 0.3) is 0 Å². The minimum Gasteiger partial charge on any atom is -0.481 e. The molecule has 0 saturated carbocycles. The van der Waals surface area contributed by atoms with E-state index in [9.17, 15) is 4.79 Å². The number of hydrogen-bond donors (Lipinski definition) is 1. The Morgan fingerprint density at radius 3 is 2.75 bits per heavy atom. The molecule has 2 aromatic rings. The monoisotopic (exact) mass is 398 g/mol. The summed E-state index contributed by atoms with van der Waals surface area (Å²) in [5.74, 6) is -0.244. The molecule has 1 N–H and O–H groups in total. The number of rotatable bonds is 7. The highest BCUT2D eigenvalue weighted by molar-refractivity contribution is 7.10. The summed E-state index contributed by atoms with van der Waals surface area (Å²) < 4.78 is 0. The van der Waals surface area contributed by atoms with Crippen LogP contribution in [0.2, 0.25) is 0 Å². The van der Waals surface area contributed by atoms with E-state index in [-0.39, 0.29) is 12.0 Å². The summed E-state index contributed by atoms with van der Waals surface area (Å²) in [4.78, 5) is 20.0. The second-order valence-corrected chi connectivity index (χ2v) is 9.20. The zero-order chi connectivity index (χ0) is 19.7. The summed E-state index contributed by atoms with van der Waals surface area (Å²) >= 11 is 1.71. The quantitative estimate of drug-likeness (QED) is 0.754. The lowest BCUT2D eigenvalue weighted by atomic mass is 9.98. The number of thiophene rings is 1. The maximum atomic E-state index is 10.9. The van der Waals surface area contributed by atoms with Gasteiger partial charge in [-0.1, -0.05) is 43.3 Å². The van der Waals surface area contributed by atoms with E-state index in [1.165, 1.54) is 10.4 Å². The topological polar surface area (TPSA) is 62.1 Å². The lowest BCUT2D eigenvalue weighted by molar-refractivity contribution is -0.147. The van der Waals surface area contributed by atoms with Crippen LogP contribution in [0.3, 0.4) is 0 Å². The molecular weight excluding hydrogens is 372 g/mol. The third kappa shape index (κ3) is 4.28. The minimum absolute atomic E-state index is 0.0292. The standard InChI is InChI=1S/C22H26N2O3S/c1-14(2)7-15-3-5-16(6-4-15)20-9-21(27-23-20)17-8-19(28-13-17)12-24-10-18(11-24)22(25)26/h3-6,8,13-14,18,21H,7,9-12H2,1-2H3,(H,25,26). The molecule has 6 heteroatoms. The lowest BCUT2D eigenvalue weighted by Crippen LogP contribution is -2.49. The van der Waals surface area contributed by atoms with Gasteiger partial charge in [0.05, 0.1) is 11.6 Å². The molecule has 3 heterocycles. The van der Waals surface area contributed by atoms with E-state index in [0.29, 0.717) is 19.0 Å². The Hall–Kier alpha value is -2.18. The first kappa shape index (κ1) is 19.2. The smallest absolute Gasteiger partial charge is 0.309 e. The Morgan fingerprint density at radius 1 is 1.32 bits per heavy atom. The molecule has 0 aliphatic carbocycles. The van der Waals surface area contributed by atoms with Crippen LogP contribution in [-0.2, 0) is 22.6 Å². The summed E-state index contributed by atoms with van der Waals surface area (Å²) in [6.45, 7) is 6.56. The van der Waals surface area contributed by atoms with Gasteiger partial charge >= 0.3 is 5.97 Å². The van der Waals surface area contributed by atoms with Crippen molar-refractivity contribution in [2.24, 2.45) is 17.0 Å². The molecule has 0 spiro atoms. The van der Waals surface area contributed by atoms with Gasteiger partial charge in [0, 0.05) is 36.5 Å². The van der Waals surface area contributed by atoms with Crippen molar-refractivity contribution in [3.05, 3.63) is 57.3 Å². The number of likely N-dealkylation sites (tertiary alicyclic amines) is 1. The molecule has 5 nitrogen and oxygen atoms in total. The van der Waals surface area contributed by atoms with Crippen LogP contribution in [0.15, 0.2) is 40.9 Å². The van der Waals surface area contributed by atoms with Crippen molar-refractivity contribution in [1.29, 1.82) is 0 Å². The largest absolute Gasteiger partial charge is 0.481 e. The molecule has 1 unspecified atom stereocenters. The van der Waals surface area contributed by atoms with Crippen LogP contribution >= 0.6 is 11.3 Å². The summed E-state index contributed by atoms with van der Waals surface area (Å²) in [6, 6.07) is 10.8. The number of carboxylic acid groups (broad SMARTS) is 1. The summed E-state index contributed by atoms with van der Waals surface area (Å²) in [5, 5.41) is 15.4. The molecule has 1 atom stereocenters. The maximum Gasteiger partial charge on any atom is 0.309 e. The zero-order valence-corrected chi connectivity index (χ0v) is 17.1. The molecule has 1 aromatic carbocycles. The second kappa shape index (κ2) is 8.05. The predicted molar refractivity (Wildman–Crippen MR) is 111 cm³/mol. The van der Waals surface area contributed by atoms with Crippen LogP contribution in [0.5, 0.6) is 0 Å². The number of nitrogens with zero attached hydrogens (tertiary/aromatic N) is 2. The van der Waals surface area contributed by atoms with Crippen molar-refractivity contribution in [3.8, 4) is 0 Å². The van der Waals surface area contributed by atoms with Crippen molar-refractivity contribution in [2.45, 2.75) is 39.3 Å². The van der Waals surface area contributed by atoms with Crippen LogP contribution in [0, 0.1) is 11.8 Å². The van der Waals surface area contributed by atoms with E-state index in [1.807, 2.05) is 0 Å². The summed E-state index contributed by atoms with van der Waals surface area (Å²) in [5.41, 5.74) is 4.64. The van der Waals surface area contributed by atoms with E-state index in [4.69, 9.17) is 9.94 Å². The van der Waals surface area contributed by atoms with Crippen molar-refractivity contribution in [2.75, 3.05) is 13.1 Å². The van der Waals surface area contributed by atoms with Gasteiger partial charge in [-0.2, -0.15) is 0 Å². The molecular formula is C22H26N2O3S. The fourth-order valence-electron chi connectivity index (χ4n) is 3.76. The third-order valence-corrected chi connectivity index (χ3v) is 6.27. The van der Waals surface area contributed by atoms with Gasteiger partial charge in [0.1, 0.15) is 0 Å². The first-order chi connectivity index (χ1) is 13.5. The fraction of sp³-hybridized carbons (Fsp3) is 0.455. The molecule has 28 heavy (non-hydrogen) atoms. The van der Waals surface area contributed by atoms with E-state index in [0.717, 1.165) is 36.2 Å². The zero-order valence-electron chi connectivity index (χ0n) is 16.3. The Bertz CT molecular complexity index is 866. The first-order valence-corrected chi connectivity index (χ1v) is 10.7. The van der Waals surface area contributed by atoms with Crippen molar-refractivity contribution in [1.82, 2.24) is 4.90 Å².